The van der Waals surface area contributed by atoms with Gasteiger partial charge in [-0.3, -0.25) is 9.59 Å². The fourth-order valence-electron chi connectivity index (χ4n) is 3.32. The van der Waals surface area contributed by atoms with Crippen molar-refractivity contribution in [3.63, 3.8) is 0 Å². The van der Waals surface area contributed by atoms with E-state index >= 15 is 0 Å². The van der Waals surface area contributed by atoms with Crippen molar-refractivity contribution < 1.29 is 9.59 Å². The molecule has 1 unspecified atom stereocenters. The highest BCUT2D eigenvalue weighted by Gasteiger charge is 2.39. The Labute approximate surface area is 165 Å². The van der Waals surface area contributed by atoms with Gasteiger partial charge in [0.2, 0.25) is 0 Å². The van der Waals surface area contributed by atoms with Gasteiger partial charge in [0.05, 0.1) is 9.95 Å². The van der Waals surface area contributed by atoms with E-state index in [4.69, 9.17) is 11.6 Å². The maximum Gasteiger partial charge on any atom is 0.261 e. The van der Waals surface area contributed by atoms with Gasteiger partial charge in [-0.25, -0.2) is 4.99 Å². The largest absolute Gasteiger partial charge is 0.361 e. The summed E-state index contributed by atoms with van der Waals surface area (Å²) in [5, 5.41) is 5.32. The molecule has 0 radical (unpaired) electrons. The zero-order valence-electron chi connectivity index (χ0n) is 14.8. The molecule has 2 aromatic rings. The van der Waals surface area contributed by atoms with Crippen LogP contribution in [-0.2, 0) is 16.0 Å². The van der Waals surface area contributed by atoms with E-state index in [1.54, 1.807) is 13.8 Å². The molecule has 4 rings (SSSR count). The number of hydrogen-bond donors (Lipinski definition) is 2. The number of amidine groups is 1. The smallest absolute Gasteiger partial charge is 0.261 e. The number of H-pyrrole nitrogens is 1. The van der Waals surface area contributed by atoms with Crippen molar-refractivity contribution in [1.82, 2.24) is 10.3 Å². The maximum atomic E-state index is 12.6. The first-order valence-corrected chi connectivity index (χ1v) is 9.73. The van der Waals surface area contributed by atoms with Crippen LogP contribution in [0.5, 0.6) is 0 Å². The molecule has 0 saturated carbocycles. The van der Waals surface area contributed by atoms with Crippen molar-refractivity contribution in [2.45, 2.75) is 20.3 Å². The quantitative estimate of drug-likeness (QED) is 0.823. The van der Waals surface area contributed by atoms with Crippen LogP contribution in [-0.4, -0.2) is 34.2 Å². The topological polar surface area (TPSA) is 86.7 Å². The van der Waals surface area contributed by atoms with Crippen LogP contribution >= 0.6 is 23.4 Å². The monoisotopic (exact) mass is 400 g/mol. The van der Waals surface area contributed by atoms with Crippen LogP contribution in [0.25, 0.3) is 10.9 Å². The molecule has 138 valence electrons. The molecule has 8 heteroatoms. The number of aromatic amines is 1. The van der Waals surface area contributed by atoms with E-state index in [1.807, 2.05) is 24.4 Å². The Hall–Kier alpha value is -2.38. The third-order valence-corrected chi connectivity index (χ3v) is 6.13. The standard InChI is InChI=1S/C19H17ClN4O2S/c1-9-15-17(25)23-10(2)24-19(15)27-16(9)18(26)21-6-5-11-8-22-14-4-3-12(20)7-13(11)14/h3-4,7-8,15,22H,5-6H2,1-2H3,(H,21,26). The van der Waals surface area contributed by atoms with E-state index < -0.39 is 5.92 Å². The fraction of sp³-hybridized carbons (Fsp3) is 0.263. The fourth-order valence-corrected chi connectivity index (χ4v) is 4.72. The van der Waals surface area contributed by atoms with Gasteiger partial charge in [-0.05, 0) is 49.6 Å². The van der Waals surface area contributed by atoms with E-state index in [1.165, 1.54) is 11.8 Å². The SMILES string of the molecule is CC1=NC(=O)C2C(=N1)SC(C(=O)NCCc1c[nH]c3ccc(Cl)cc13)=C2C. The normalized spacial score (nSPS) is 19.2. The lowest BCUT2D eigenvalue weighted by Crippen LogP contribution is -2.26. The first kappa shape index (κ1) is 18.0. The third-order valence-electron chi connectivity index (χ3n) is 4.65. The number of aromatic nitrogens is 1. The van der Waals surface area contributed by atoms with Crippen molar-refractivity contribution in [2.75, 3.05) is 6.54 Å². The highest BCUT2D eigenvalue weighted by Crippen LogP contribution is 2.40. The molecule has 1 atom stereocenters. The molecule has 0 spiro atoms. The molecule has 2 amide bonds. The van der Waals surface area contributed by atoms with E-state index in [0.29, 0.717) is 33.8 Å². The summed E-state index contributed by atoms with van der Waals surface area (Å²) in [5.74, 6) is -0.500. The number of benzene rings is 1. The number of rotatable bonds is 4. The Balaban J connectivity index is 1.43. The van der Waals surface area contributed by atoms with Gasteiger partial charge in [0.15, 0.2) is 0 Å². The highest BCUT2D eigenvalue weighted by molar-refractivity contribution is 8.18. The number of halogens is 1. The first-order chi connectivity index (χ1) is 12.9. The minimum Gasteiger partial charge on any atom is -0.361 e. The molecule has 1 aromatic heterocycles. The van der Waals surface area contributed by atoms with Gasteiger partial charge < -0.3 is 10.3 Å². The molecule has 6 nitrogen and oxygen atoms in total. The number of thioether (sulfide) groups is 1. The molecule has 1 aromatic carbocycles. The van der Waals surface area contributed by atoms with Gasteiger partial charge in [0.25, 0.3) is 11.8 Å². The van der Waals surface area contributed by atoms with Crippen molar-refractivity contribution in [2.24, 2.45) is 15.9 Å². The third kappa shape index (κ3) is 3.33. The number of nitrogens with zero attached hydrogens (tertiary/aromatic N) is 2. The Morgan fingerprint density at radius 2 is 2.15 bits per heavy atom. The van der Waals surface area contributed by atoms with E-state index in [2.05, 4.69) is 20.3 Å². The second kappa shape index (κ2) is 6.98. The molecule has 0 saturated heterocycles. The summed E-state index contributed by atoms with van der Waals surface area (Å²) in [5.41, 5.74) is 2.83. The Morgan fingerprint density at radius 1 is 1.33 bits per heavy atom. The maximum absolute atomic E-state index is 12.6. The lowest BCUT2D eigenvalue weighted by molar-refractivity contribution is -0.118. The number of fused-ring (bicyclic) bond motifs is 2. The van der Waals surface area contributed by atoms with Crippen molar-refractivity contribution in [1.29, 1.82) is 0 Å². The van der Waals surface area contributed by atoms with Gasteiger partial charge in [-0.2, -0.15) is 4.99 Å². The van der Waals surface area contributed by atoms with Crippen LogP contribution in [0.1, 0.15) is 19.4 Å². The molecule has 0 aliphatic carbocycles. The molecule has 3 heterocycles. The number of amides is 2. The predicted octanol–water partition coefficient (Wildman–Crippen LogP) is 3.47. The van der Waals surface area contributed by atoms with Gasteiger partial charge in [-0.15, -0.1) is 0 Å². The Kier molecular flexibility index (Phi) is 4.65. The summed E-state index contributed by atoms with van der Waals surface area (Å²) >= 11 is 7.34. The van der Waals surface area contributed by atoms with Gasteiger partial charge in [0, 0.05) is 28.7 Å². The summed E-state index contributed by atoms with van der Waals surface area (Å²) in [4.78, 5) is 36.7. The van der Waals surface area contributed by atoms with Gasteiger partial charge in [-0.1, -0.05) is 23.4 Å². The van der Waals surface area contributed by atoms with Gasteiger partial charge in [0.1, 0.15) is 11.8 Å². The summed E-state index contributed by atoms with van der Waals surface area (Å²) in [6.45, 7) is 3.96. The number of carbonyl (C=O) groups excluding carboxylic acids is 2. The Morgan fingerprint density at radius 3 is 2.96 bits per heavy atom. The molecule has 2 aliphatic rings. The molecule has 0 fully saturated rings. The second-order valence-electron chi connectivity index (χ2n) is 6.50. The summed E-state index contributed by atoms with van der Waals surface area (Å²) in [6.07, 6.45) is 2.61. The average molecular weight is 401 g/mol. The minimum absolute atomic E-state index is 0.182. The number of carbonyl (C=O) groups is 2. The van der Waals surface area contributed by atoms with Crippen LogP contribution < -0.4 is 5.32 Å². The van der Waals surface area contributed by atoms with Crippen LogP contribution in [0.3, 0.4) is 0 Å². The van der Waals surface area contributed by atoms with E-state index in [9.17, 15) is 9.59 Å². The number of nitrogens with one attached hydrogen (secondary N) is 2. The predicted molar refractivity (Wildman–Crippen MR) is 109 cm³/mol. The molecule has 2 aliphatic heterocycles. The first-order valence-electron chi connectivity index (χ1n) is 8.54. The Bertz CT molecular complexity index is 1070. The lowest BCUT2D eigenvalue weighted by atomic mass is 10.00. The van der Waals surface area contributed by atoms with Crippen LogP contribution in [0, 0.1) is 5.92 Å². The molecule has 0 bridgehead atoms. The second-order valence-corrected chi connectivity index (χ2v) is 7.97. The van der Waals surface area contributed by atoms with Gasteiger partial charge >= 0.3 is 0 Å². The highest BCUT2D eigenvalue weighted by atomic mass is 35.5. The summed E-state index contributed by atoms with van der Waals surface area (Å²) in [6, 6.07) is 5.70. The van der Waals surface area contributed by atoms with E-state index in [0.717, 1.165) is 22.0 Å². The average Bonchev–Trinajstić information content (AvgIpc) is 3.16. The minimum atomic E-state index is -0.504. The zero-order valence-corrected chi connectivity index (χ0v) is 16.4. The number of aliphatic imine (C=N–C) groups is 2. The van der Waals surface area contributed by atoms with Crippen molar-refractivity contribution in [3.8, 4) is 0 Å². The van der Waals surface area contributed by atoms with Crippen molar-refractivity contribution >= 4 is 57.0 Å². The van der Waals surface area contributed by atoms with Crippen LogP contribution in [0.2, 0.25) is 5.02 Å². The molecule has 27 heavy (non-hydrogen) atoms. The number of hydrogen-bond acceptors (Lipinski definition) is 4. The van der Waals surface area contributed by atoms with Crippen molar-refractivity contribution in [3.05, 3.63) is 45.5 Å². The summed E-state index contributed by atoms with van der Waals surface area (Å²) < 4.78 is 0. The zero-order chi connectivity index (χ0) is 19.1. The molecule has 2 N–H and O–H groups in total. The molecular weight excluding hydrogens is 384 g/mol. The summed E-state index contributed by atoms with van der Waals surface area (Å²) in [7, 11) is 0. The van der Waals surface area contributed by atoms with Crippen LogP contribution in [0.4, 0.5) is 0 Å². The van der Waals surface area contributed by atoms with E-state index in [-0.39, 0.29) is 11.8 Å². The molecular formula is C19H17ClN4O2S. The lowest BCUT2D eigenvalue weighted by Gasteiger charge is -2.12. The van der Waals surface area contributed by atoms with Crippen LogP contribution in [0.15, 0.2) is 44.9 Å².